The molecule has 0 saturated carbocycles. The van der Waals surface area contributed by atoms with Gasteiger partial charge in [-0.15, -0.1) is 0 Å². The van der Waals surface area contributed by atoms with E-state index >= 15 is 0 Å². The zero-order chi connectivity index (χ0) is 12.4. The van der Waals surface area contributed by atoms with E-state index in [1.165, 1.54) is 0 Å². The predicted molar refractivity (Wildman–Crippen MR) is 65.2 cm³/mol. The Morgan fingerprint density at radius 1 is 1.47 bits per heavy atom. The van der Waals surface area contributed by atoms with Crippen molar-refractivity contribution < 1.29 is 5.11 Å². The SMILES string of the molecule is Cc1cc(C(=N)N)nc(N2CCC(O)CC2)n1. The smallest absolute Gasteiger partial charge is 0.226 e. The third kappa shape index (κ3) is 2.71. The van der Waals surface area contributed by atoms with E-state index in [0.29, 0.717) is 11.6 Å². The standard InChI is InChI=1S/C11H17N5O/c1-7-6-9(10(12)13)15-11(14-7)16-4-2-8(17)3-5-16/h6,8,17H,2-5H2,1H3,(H3,12,13). The maximum absolute atomic E-state index is 9.45. The van der Waals surface area contributed by atoms with Gasteiger partial charge in [0.1, 0.15) is 11.5 Å². The Hall–Kier alpha value is -1.69. The first-order valence-corrected chi connectivity index (χ1v) is 5.69. The summed E-state index contributed by atoms with van der Waals surface area (Å²) < 4.78 is 0. The van der Waals surface area contributed by atoms with Crippen molar-refractivity contribution in [2.75, 3.05) is 18.0 Å². The molecule has 1 aromatic heterocycles. The van der Waals surface area contributed by atoms with Gasteiger partial charge >= 0.3 is 0 Å². The molecule has 6 heteroatoms. The van der Waals surface area contributed by atoms with Gasteiger partial charge in [-0.2, -0.15) is 0 Å². The lowest BCUT2D eigenvalue weighted by atomic mass is 10.1. The molecule has 1 saturated heterocycles. The molecule has 1 aliphatic heterocycles. The minimum Gasteiger partial charge on any atom is -0.393 e. The zero-order valence-corrected chi connectivity index (χ0v) is 9.85. The molecule has 1 aromatic rings. The van der Waals surface area contributed by atoms with Crippen molar-refractivity contribution in [2.24, 2.45) is 5.73 Å². The van der Waals surface area contributed by atoms with Crippen LogP contribution >= 0.6 is 0 Å². The van der Waals surface area contributed by atoms with E-state index in [2.05, 4.69) is 9.97 Å². The minimum atomic E-state index is -0.219. The van der Waals surface area contributed by atoms with Gasteiger partial charge in [0.2, 0.25) is 5.95 Å². The van der Waals surface area contributed by atoms with Gasteiger partial charge in [-0.05, 0) is 25.8 Å². The number of nitrogens with zero attached hydrogens (tertiary/aromatic N) is 3. The van der Waals surface area contributed by atoms with Gasteiger partial charge in [0.15, 0.2) is 0 Å². The van der Waals surface area contributed by atoms with Crippen LogP contribution in [0.15, 0.2) is 6.07 Å². The first kappa shape index (κ1) is 11.8. The average molecular weight is 235 g/mol. The number of hydrogen-bond acceptors (Lipinski definition) is 5. The number of amidine groups is 1. The number of hydrogen-bond donors (Lipinski definition) is 3. The number of nitrogens with one attached hydrogen (secondary N) is 1. The van der Waals surface area contributed by atoms with E-state index in [9.17, 15) is 5.11 Å². The van der Waals surface area contributed by atoms with Gasteiger partial charge in [-0.25, -0.2) is 9.97 Å². The largest absolute Gasteiger partial charge is 0.393 e. The number of rotatable bonds is 2. The Bertz CT molecular complexity index is 426. The lowest BCUT2D eigenvalue weighted by Gasteiger charge is -2.29. The normalized spacial score (nSPS) is 17.2. The molecule has 1 aliphatic rings. The second-order valence-corrected chi connectivity index (χ2v) is 4.33. The van der Waals surface area contributed by atoms with Crippen molar-refractivity contribution in [2.45, 2.75) is 25.9 Å². The number of nitrogen functional groups attached to an aromatic ring is 1. The Morgan fingerprint density at radius 3 is 2.71 bits per heavy atom. The second kappa shape index (κ2) is 4.67. The predicted octanol–water partition coefficient (Wildman–Crippen LogP) is 0.0302. The molecule has 92 valence electrons. The molecule has 0 spiro atoms. The molecular weight excluding hydrogens is 218 g/mol. The summed E-state index contributed by atoms with van der Waals surface area (Å²) in [5.74, 6) is 0.552. The van der Waals surface area contributed by atoms with E-state index in [-0.39, 0.29) is 11.9 Å². The summed E-state index contributed by atoms with van der Waals surface area (Å²) in [4.78, 5) is 10.6. The van der Waals surface area contributed by atoms with Gasteiger partial charge in [-0.3, -0.25) is 5.41 Å². The van der Waals surface area contributed by atoms with Crippen LogP contribution < -0.4 is 10.6 Å². The highest BCUT2D eigenvalue weighted by Crippen LogP contribution is 2.16. The van der Waals surface area contributed by atoms with Crippen molar-refractivity contribution in [1.82, 2.24) is 9.97 Å². The van der Waals surface area contributed by atoms with E-state index < -0.39 is 0 Å². The fraction of sp³-hybridized carbons (Fsp3) is 0.545. The first-order valence-electron chi connectivity index (χ1n) is 5.69. The van der Waals surface area contributed by atoms with Crippen LogP contribution in [0.1, 0.15) is 24.2 Å². The summed E-state index contributed by atoms with van der Waals surface area (Å²) in [7, 11) is 0. The maximum atomic E-state index is 9.45. The molecule has 0 bridgehead atoms. The molecule has 0 atom stereocenters. The molecule has 1 fully saturated rings. The van der Waals surface area contributed by atoms with Crippen LogP contribution in [0.5, 0.6) is 0 Å². The molecule has 0 aromatic carbocycles. The highest BCUT2D eigenvalue weighted by atomic mass is 16.3. The van der Waals surface area contributed by atoms with Crippen molar-refractivity contribution in [3.05, 3.63) is 17.5 Å². The summed E-state index contributed by atoms with van der Waals surface area (Å²) in [6.07, 6.45) is 1.24. The molecule has 0 aliphatic carbocycles. The van der Waals surface area contributed by atoms with Crippen molar-refractivity contribution in [3.63, 3.8) is 0 Å². The quantitative estimate of drug-likeness (QED) is 0.496. The summed E-state index contributed by atoms with van der Waals surface area (Å²) >= 11 is 0. The van der Waals surface area contributed by atoms with Crippen LogP contribution in [-0.2, 0) is 0 Å². The highest BCUT2D eigenvalue weighted by molar-refractivity contribution is 5.93. The van der Waals surface area contributed by atoms with Gasteiger partial charge in [0, 0.05) is 18.8 Å². The Morgan fingerprint density at radius 2 is 2.12 bits per heavy atom. The topological polar surface area (TPSA) is 99.1 Å². The Labute approximate surface area is 100.0 Å². The molecule has 0 radical (unpaired) electrons. The van der Waals surface area contributed by atoms with Crippen LogP contribution in [0, 0.1) is 12.3 Å². The summed E-state index contributed by atoms with van der Waals surface area (Å²) in [5.41, 5.74) is 6.69. The lowest BCUT2D eigenvalue weighted by Crippen LogP contribution is -2.37. The molecule has 2 heterocycles. The number of aliphatic hydroxyl groups excluding tert-OH is 1. The third-order valence-electron chi connectivity index (χ3n) is 2.87. The first-order chi connectivity index (χ1) is 8.06. The number of nitrogens with two attached hydrogens (primary N) is 1. The van der Waals surface area contributed by atoms with E-state index in [1.807, 2.05) is 11.8 Å². The van der Waals surface area contributed by atoms with E-state index in [0.717, 1.165) is 31.6 Å². The zero-order valence-electron chi connectivity index (χ0n) is 9.85. The minimum absolute atomic E-state index is 0.0474. The van der Waals surface area contributed by atoms with Crippen LogP contribution in [0.4, 0.5) is 5.95 Å². The van der Waals surface area contributed by atoms with Gasteiger partial charge in [0.05, 0.1) is 6.10 Å². The monoisotopic (exact) mass is 235 g/mol. The fourth-order valence-corrected chi connectivity index (χ4v) is 1.90. The highest BCUT2D eigenvalue weighted by Gasteiger charge is 2.19. The Balaban J connectivity index is 2.23. The van der Waals surface area contributed by atoms with Crippen molar-refractivity contribution in [3.8, 4) is 0 Å². The summed E-state index contributed by atoms with van der Waals surface area (Å²) in [5, 5.41) is 16.9. The van der Waals surface area contributed by atoms with Crippen molar-refractivity contribution in [1.29, 1.82) is 5.41 Å². The van der Waals surface area contributed by atoms with Gasteiger partial charge in [-0.1, -0.05) is 0 Å². The van der Waals surface area contributed by atoms with Gasteiger partial charge in [0.25, 0.3) is 0 Å². The van der Waals surface area contributed by atoms with E-state index in [1.54, 1.807) is 6.07 Å². The fourth-order valence-electron chi connectivity index (χ4n) is 1.90. The number of piperidine rings is 1. The average Bonchev–Trinajstić information content (AvgIpc) is 2.29. The van der Waals surface area contributed by atoms with Crippen LogP contribution in [0.25, 0.3) is 0 Å². The van der Waals surface area contributed by atoms with E-state index in [4.69, 9.17) is 11.1 Å². The molecule has 0 unspecified atom stereocenters. The number of aromatic nitrogens is 2. The van der Waals surface area contributed by atoms with Gasteiger partial charge < -0.3 is 15.7 Å². The van der Waals surface area contributed by atoms with Crippen LogP contribution in [0.3, 0.4) is 0 Å². The molecule has 0 amide bonds. The number of anilines is 1. The summed E-state index contributed by atoms with van der Waals surface area (Å²) in [6.45, 7) is 3.33. The lowest BCUT2D eigenvalue weighted by molar-refractivity contribution is 0.145. The second-order valence-electron chi connectivity index (χ2n) is 4.33. The maximum Gasteiger partial charge on any atom is 0.226 e. The molecule has 4 N–H and O–H groups in total. The molecule has 2 rings (SSSR count). The Kier molecular flexibility index (Phi) is 3.23. The third-order valence-corrected chi connectivity index (χ3v) is 2.87. The number of aryl methyl sites for hydroxylation is 1. The molecule has 6 nitrogen and oxygen atoms in total. The number of aliphatic hydroxyl groups is 1. The van der Waals surface area contributed by atoms with Crippen LogP contribution in [0.2, 0.25) is 0 Å². The summed E-state index contributed by atoms with van der Waals surface area (Å²) in [6, 6.07) is 1.70. The van der Waals surface area contributed by atoms with Crippen molar-refractivity contribution >= 4 is 11.8 Å². The van der Waals surface area contributed by atoms with Crippen LogP contribution in [-0.4, -0.2) is 40.1 Å². The molecular formula is C11H17N5O. The molecule has 17 heavy (non-hydrogen) atoms.